The number of carbonyl (C=O) groups is 2. The number of ether oxygens (including phenoxy) is 1. The van der Waals surface area contributed by atoms with Gasteiger partial charge in [0.05, 0.1) is 5.00 Å². The summed E-state index contributed by atoms with van der Waals surface area (Å²) in [4.78, 5) is 24.2. The van der Waals surface area contributed by atoms with Crippen LogP contribution < -0.4 is 10.6 Å². The Morgan fingerprint density at radius 2 is 2.09 bits per heavy atom. The molecule has 0 bridgehead atoms. The molecule has 1 aliphatic rings. The van der Waals surface area contributed by atoms with E-state index in [1.54, 1.807) is 24.3 Å². The van der Waals surface area contributed by atoms with Crippen molar-refractivity contribution in [2.24, 2.45) is 0 Å². The summed E-state index contributed by atoms with van der Waals surface area (Å²) in [6.45, 7) is 0.626. The van der Waals surface area contributed by atoms with Crippen LogP contribution in [-0.2, 0) is 9.53 Å². The lowest BCUT2D eigenvalue weighted by molar-refractivity contribution is -0.124. The van der Waals surface area contributed by atoms with Crippen LogP contribution in [0.2, 0.25) is 0 Å². The van der Waals surface area contributed by atoms with Crippen molar-refractivity contribution in [1.29, 1.82) is 0 Å². The zero-order valence-corrected chi connectivity index (χ0v) is 12.7. The summed E-state index contributed by atoms with van der Waals surface area (Å²) >= 11 is 1.46. The molecule has 0 spiro atoms. The largest absolute Gasteiger partial charge is 0.368 e. The molecule has 22 heavy (non-hydrogen) atoms. The molecule has 0 aliphatic carbocycles. The van der Waals surface area contributed by atoms with Gasteiger partial charge in [0.2, 0.25) is 0 Å². The first-order valence-electron chi connectivity index (χ1n) is 7.10. The Labute approximate surface area is 132 Å². The van der Waals surface area contributed by atoms with E-state index in [-0.39, 0.29) is 17.9 Å². The molecule has 2 amide bonds. The summed E-state index contributed by atoms with van der Waals surface area (Å²) in [6.07, 6.45) is 1.26. The SMILES string of the molecule is O=C(Nc1cccs1)c1cccc(NC(=O)[C@H]2CCCO2)c1. The monoisotopic (exact) mass is 316 g/mol. The summed E-state index contributed by atoms with van der Waals surface area (Å²) in [5.74, 6) is -0.357. The number of nitrogens with one attached hydrogen (secondary N) is 2. The van der Waals surface area contributed by atoms with Crippen LogP contribution in [0.4, 0.5) is 10.7 Å². The second-order valence-electron chi connectivity index (χ2n) is 5.00. The molecular formula is C16H16N2O3S. The van der Waals surface area contributed by atoms with Gasteiger partial charge in [0, 0.05) is 17.9 Å². The third kappa shape index (κ3) is 3.52. The molecule has 1 fully saturated rings. The molecule has 1 aliphatic heterocycles. The van der Waals surface area contributed by atoms with Crippen LogP contribution in [0.15, 0.2) is 41.8 Å². The van der Waals surface area contributed by atoms with Crippen LogP contribution in [-0.4, -0.2) is 24.5 Å². The predicted octanol–water partition coefficient (Wildman–Crippen LogP) is 3.12. The average Bonchev–Trinajstić information content (AvgIpc) is 3.21. The normalized spacial score (nSPS) is 17.2. The molecule has 2 N–H and O–H groups in total. The van der Waals surface area contributed by atoms with Gasteiger partial charge in [-0.3, -0.25) is 9.59 Å². The number of benzene rings is 1. The smallest absolute Gasteiger partial charge is 0.256 e. The maximum Gasteiger partial charge on any atom is 0.256 e. The van der Waals surface area contributed by atoms with Crippen LogP contribution >= 0.6 is 11.3 Å². The molecule has 114 valence electrons. The summed E-state index contributed by atoms with van der Waals surface area (Å²) in [7, 11) is 0. The Morgan fingerprint density at radius 3 is 2.82 bits per heavy atom. The molecule has 1 saturated heterocycles. The zero-order valence-electron chi connectivity index (χ0n) is 11.9. The van der Waals surface area contributed by atoms with Crippen LogP contribution in [0.25, 0.3) is 0 Å². The van der Waals surface area contributed by atoms with Crippen molar-refractivity contribution in [3.05, 3.63) is 47.3 Å². The third-order valence-corrected chi connectivity index (χ3v) is 4.16. The van der Waals surface area contributed by atoms with Crippen molar-refractivity contribution in [2.75, 3.05) is 17.2 Å². The van der Waals surface area contributed by atoms with E-state index in [0.717, 1.165) is 17.8 Å². The number of rotatable bonds is 4. The fourth-order valence-electron chi connectivity index (χ4n) is 2.28. The minimum absolute atomic E-state index is 0.159. The average molecular weight is 316 g/mol. The van der Waals surface area contributed by atoms with E-state index < -0.39 is 0 Å². The van der Waals surface area contributed by atoms with Gasteiger partial charge in [-0.2, -0.15) is 0 Å². The fourth-order valence-corrected chi connectivity index (χ4v) is 2.89. The minimum atomic E-state index is -0.386. The van der Waals surface area contributed by atoms with E-state index in [9.17, 15) is 9.59 Å². The summed E-state index contributed by atoms with van der Waals surface area (Å²) in [6, 6.07) is 10.6. The van der Waals surface area contributed by atoms with Crippen LogP contribution in [0.5, 0.6) is 0 Å². The van der Waals surface area contributed by atoms with E-state index in [0.29, 0.717) is 17.9 Å². The minimum Gasteiger partial charge on any atom is -0.368 e. The first-order chi connectivity index (χ1) is 10.7. The molecule has 1 atom stereocenters. The number of anilines is 2. The second-order valence-corrected chi connectivity index (χ2v) is 5.95. The molecule has 1 aromatic heterocycles. The lowest BCUT2D eigenvalue weighted by atomic mass is 10.1. The van der Waals surface area contributed by atoms with E-state index in [1.807, 2.05) is 17.5 Å². The van der Waals surface area contributed by atoms with Gasteiger partial charge in [0.1, 0.15) is 6.10 Å². The Balaban J connectivity index is 1.66. The summed E-state index contributed by atoms with van der Waals surface area (Å²) in [5, 5.41) is 8.30. The lowest BCUT2D eigenvalue weighted by Gasteiger charge is -2.11. The molecule has 1 aromatic carbocycles. The van der Waals surface area contributed by atoms with Crippen LogP contribution in [0, 0.1) is 0 Å². The quantitative estimate of drug-likeness (QED) is 0.910. The van der Waals surface area contributed by atoms with Gasteiger partial charge in [-0.15, -0.1) is 11.3 Å². The Hall–Kier alpha value is -2.18. The van der Waals surface area contributed by atoms with Gasteiger partial charge in [-0.05, 0) is 48.6 Å². The van der Waals surface area contributed by atoms with E-state index in [2.05, 4.69) is 10.6 Å². The van der Waals surface area contributed by atoms with Crippen LogP contribution in [0.3, 0.4) is 0 Å². The predicted molar refractivity (Wildman–Crippen MR) is 86.3 cm³/mol. The molecule has 3 rings (SSSR count). The zero-order chi connectivity index (χ0) is 15.4. The number of carbonyl (C=O) groups excluding carboxylic acids is 2. The van der Waals surface area contributed by atoms with Crippen molar-refractivity contribution in [1.82, 2.24) is 0 Å². The second kappa shape index (κ2) is 6.72. The summed E-state index contributed by atoms with van der Waals surface area (Å²) < 4.78 is 5.34. The number of amides is 2. The van der Waals surface area contributed by atoms with Gasteiger partial charge in [0.15, 0.2) is 0 Å². The topological polar surface area (TPSA) is 67.4 Å². The standard InChI is InChI=1S/C16H16N2O3S/c19-15(18-14-7-3-9-22-14)11-4-1-5-12(10-11)17-16(20)13-6-2-8-21-13/h1,3-5,7,9-10,13H,2,6,8H2,(H,17,20)(H,18,19)/t13-/m1/s1. The first-order valence-corrected chi connectivity index (χ1v) is 7.98. The van der Waals surface area contributed by atoms with Gasteiger partial charge in [0.25, 0.3) is 11.8 Å². The Morgan fingerprint density at radius 1 is 1.18 bits per heavy atom. The van der Waals surface area contributed by atoms with Gasteiger partial charge >= 0.3 is 0 Å². The Kier molecular flexibility index (Phi) is 4.50. The molecule has 2 heterocycles. The number of thiophene rings is 1. The maximum atomic E-state index is 12.2. The van der Waals surface area contributed by atoms with E-state index >= 15 is 0 Å². The lowest BCUT2D eigenvalue weighted by Crippen LogP contribution is -2.27. The Bertz CT molecular complexity index is 664. The highest BCUT2D eigenvalue weighted by molar-refractivity contribution is 7.14. The molecule has 2 aromatic rings. The molecule has 0 radical (unpaired) electrons. The molecular weight excluding hydrogens is 300 g/mol. The molecule has 0 unspecified atom stereocenters. The van der Waals surface area contributed by atoms with Crippen molar-refractivity contribution >= 4 is 33.8 Å². The van der Waals surface area contributed by atoms with Crippen molar-refractivity contribution in [2.45, 2.75) is 18.9 Å². The van der Waals surface area contributed by atoms with Gasteiger partial charge in [-0.25, -0.2) is 0 Å². The molecule has 0 saturated carbocycles. The fraction of sp³-hybridized carbons (Fsp3) is 0.250. The highest BCUT2D eigenvalue weighted by Crippen LogP contribution is 2.19. The number of hydrogen-bond acceptors (Lipinski definition) is 4. The van der Waals surface area contributed by atoms with Crippen LogP contribution in [0.1, 0.15) is 23.2 Å². The van der Waals surface area contributed by atoms with E-state index in [4.69, 9.17) is 4.74 Å². The van der Waals surface area contributed by atoms with E-state index in [1.165, 1.54) is 11.3 Å². The highest BCUT2D eigenvalue weighted by Gasteiger charge is 2.23. The first kappa shape index (κ1) is 14.7. The highest BCUT2D eigenvalue weighted by atomic mass is 32.1. The number of hydrogen-bond donors (Lipinski definition) is 2. The van der Waals surface area contributed by atoms with Gasteiger partial charge in [-0.1, -0.05) is 6.07 Å². The maximum absolute atomic E-state index is 12.2. The van der Waals surface area contributed by atoms with Crippen molar-refractivity contribution < 1.29 is 14.3 Å². The summed E-state index contributed by atoms with van der Waals surface area (Å²) in [5.41, 5.74) is 1.10. The van der Waals surface area contributed by atoms with Crippen molar-refractivity contribution in [3.8, 4) is 0 Å². The molecule has 5 nitrogen and oxygen atoms in total. The molecule has 6 heteroatoms. The van der Waals surface area contributed by atoms with Gasteiger partial charge < -0.3 is 15.4 Å². The third-order valence-electron chi connectivity index (χ3n) is 3.37. The van der Waals surface area contributed by atoms with Crippen molar-refractivity contribution in [3.63, 3.8) is 0 Å².